The van der Waals surface area contributed by atoms with Gasteiger partial charge in [0.05, 0.1) is 16.3 Å². The molecule has 0 saturated heterocycles. The maximum Gasteiger partial charge on any atom is 0.416 e. The highest BCUT2D eigenvalue weighted by Gasteiger charge is 2.30. The lowest BCUT2D eigenvalue weighted by atomic mass is 10.0. The van der Waals surface area contributed by atoms with Crippen LogP contribution >= 0.6 is 23.2 Å². The number of aromatic nitrogens is 2. The van der Waals surface area contributed by atoms with Gasteiger partial charge in [0.2, 0.25) is 0 Å². The van der Waals surface area contributed by atoms with Crippen LogP contribution in [0.2, 0.25) is 10.0 Å². The molecule has 0 spiro atoms. The Kier molecular flexibility index (Phi) is 10.2. The zero-order valence-electron chi connectivity index (χ0n) is 25.3. The van der Waals surface area contributed by atoms with E-state index in [2.05, 4.69) is 0 Å². The largest absolute Gasteiger partial charge is 0.444 e. The smallest absolute Gasteiger partial charge is 0.416 e. The van der Waals surface area contributed by atoms with Crippen molar-refractivity contribution >= 4 is 47.2 Å². The van der Waals surface area contributed by atoms with Gasteiger partial charge in [-0.05, 0) is 70.8 Å². The Bertz CT molecular complexity index is 1940. The Labute approximate surface area is 279 Å². The van der Waals surface area contributed by atoms with E-state index in [1.165, 1.54) is 17.9 Å². The molecule has 0 aliphatic heterocycles. The molecule has 1 aromatic heterocycles. The van der Waals surface area contributed by atoms with Crippen LogP contribution in [0.3, 0.4) is 0 Å². The SMILES string of the molecule is CC(=O)OCN(C)C(=O)c1ccc(Cn2cc(-c3ccc(Cl)cc3Cl)nc2/C=C/c2ccc(-c3cccc(C(F)(F)F)c3)cc2)cc1. The van der Waals surface area contributed by atoms with Crippen molar-refractivity contribution in [2.75, 3.05) is 13.8 Å². The van der Waals surface area contributed by atoms with E-state index < -0.39 is 17.7 Å². The van der Waals surface area contributed by atoms with Crippen LogP contribution in [0.5, 0.6) is 0 Å². The van der Waals surface area contributed by atoms with Crippen molar-refractivity contribution in [1.29, 1.82) is 0 Å². The third kappa shape index (κ3) is 8.49. The van der Waals surface area contributed by atoms with Crippen molar-refractivity contribution in [1.82, 2.24) is 14.5 Å². The highest BCUT2D eigenvalue weighted by molar-refractivity contribution is 6.36. The quantitative estimate of drug-likeness (QED) is 0.115. The zero-order valence-corrected chi connectivity index (χ0v) is 26.8. The second kappa shape index (κ2) is 14.3. The predicted octanol–water partition coefficient (Wildman–Crippen LogP) is 9.35. The van der Waals surface area contributed by atoms with E-state index in [0.29, 0.717) is 50.4 Å². The molecule has 0 saturated carbocycles. The summed E-state index contributed by atoms with van der Waals surface area (Å²) >= 11 is 12.6. The summed E-state index contributed by atoms with van der Waals surface area (Å²) in [5, 5.41) is 0.948. The van der Waals surface area contributed by atoms with Crippen molar-refractivity contribution in [3.63, 3.8) is 0 Å². The first-order chi connectivity index (χ1) is 22.4. The first-order valence-corrected chi connectivity index (χ1v) is 15.1. The summed E-state index contributed by atoms with van der Waals surface area (Å²) in [7, 11) is 1.55. The molecule has 0 fully saturated rings. The number of esters is 1. The van der Waals surface area contributed by atoms with E-state index in [9.17, 15) is 22.8 Å². The number of benzene rings is 4. The number of halogens is 5. The first kappa shape index (κ1) is 33.5. The van der Waals surface area contributed by atoms with Crippen molar-refractivity contribution in [2.24, 2.45) is 0 Å². The summed E-state index contributed by atoms with van der Waals surface area (Å²) < 4.78 is 46.4. The molecule has 1 amide bonds. The molecule has 1 heterocycles. The molecule has 6 nitrogen and oxygen atoms in total. The van der Waals surface area contributed by atoms with Crippen molar-refractivity contribution in [2.45, 2.75) is 19.6 Å². The number of hydrogen-bond donors (Lipinski definition) is 0. The highest BCUT2D eigenvalue weighted by atomic mass is 35.5. The highest BCUT2D eigenvalue weighted by Crippen LogP contribution is 2.33. The molecule has 4 aromatic carbocycles. The summed E-state index contributed by atoms with van der Waals surface area (Å²) in [6, 6.07) is 24.7. The molecule has 0 atom stereocenters. The molecule has 11 heteroatoms. The van der Waals surface area contributed by atoms with E-state index in [0.717, 1.165) is 23.3 Å². The van der Waals surface area contributed by atoms with Gasteiger partial charge in [-0.3, -0.25) is 9.59 Å². The van der Waals surface area contributed by atoms with E-state index in [1.54, 1.807) is 55.6 Å². The van der Waals surface area contributed by atoms with Crippen LogP contribution in [-0.2, 0) is 22.3 Å². The number of carbonyl (C=O) groups is 2. The molecule has 0 bridgehead atoms. The Morgan fingerprint density at radius 2 is 1.64 bits per heavy atom. The number of nitrogens with zero attached hydrogens (tertiary/aromatic N) is 3. The minimum Gasteiger partial charge on any atom is -0.444 e. The lowest BCUT2D eigenvalue weighted by Crippen LogP contribution is -2.30. The second-order valence-electron chi connectivity index (χ2n) is 10.7. The van der Waals surface area contributed by atoms with Crippen molar-refractivity contribution in [3.8, 4) is 22.4 Å². The van der Waals surface area contributed by atoms with Crippen molar-refractivity contribution in [3.05, 3.63) is 135 Å². The van der Waals surface area contributed by atoms with Crippen molar-refractivity contribution < 1.29 is 27.5 Å². The standard InChI is InChI=1S/C36H28Cl2F3N3O3/c1-23(45)47-22-43(2)35(46)27-13-8-25(9-14-27)20-44-21-33(31-16-15-30(37)19-32(31)38)42-34(44)17-10-24-6-11-26(12-7-24)28-4-3-5-29(18-28)36(39,40)41/h3-19,21H,20,22H2,1-2H3/b17-10+. The molecule has 0 unspecified atom stereocenters. The summed E-state index contributed by atoms with van der Waals surface area (Å²) in [6.07, 6.45) is 1.16. The van der Waals surface area contributed by atoms with Gasteiger partial charge < -0.3 is 14.2 Å². The molecule has 0 N–H and O–H groups in total. The second-order valence-corrected chi connectivity index (χ2v) is 11.6. The van der Waals surface area contributed by atoms with Gasteiger partial charge >= 0.3 is 12.1 Å². The van der Waals surface area contributed by atoms with Gasteiger partial charge in [0.25, 0.3) is 5.91 Å². The van der Waals surface area contributed by atoms with E-state index in [-0.39, 0.29) is 12.6 Å². The zero-order chi connectivity index (χ0) is 33.7. The summed E-state index contributed by atoms with van der Waals surface area (Å²) in [4.78, 5) is 29.9. The van der Waals surface area contributed by atoms with Gasteiger partial charge in [-0.1, -0.05) is 77.8 Å². The summed E-state index contributed by atoms with van der Waals surface area (Å²) in [5.74, 6) is -0.145. The molecule has 0 aliphatic rings. The lowest BCUT2D eigenvalue weighted by molar-refractivity contribution is -0.144. The Morgan fingerprint density at radius 1 is 0.915 bits per heavy atom. The van der Waals surface area contributed by atoms with Crippen LogP contribution in [0.1, 0.15) is 39.8 Å². The van der Waals surface area contributed by atoms with E-state index in [1.807, 2.05) is 47.2 Å². The first-order valence-electron chi connectivity index (χ1n) is 14.3. The predicted molar refractivity (Wildman–Crippen MR) is 178 cm³/mol. The number of rotatable bonds is 9. The van der Waals surface area contributed by atoms with Gasteiger partial charge in [-0.2, -0.15) is 13.2 Å². The van der Waals surface area contributed by atoms with Gasteiger partial charge in [0.15, 0.2) is 6.73 Å². The van der Waals surface area contributed by atoms with Crippen LogP contribution in [0.4, 0.5) is 13.2 Å². The maximum absolute atomic E-state index is 13.2. The van der Waals surface area contributed by atoms with E-state index in [4.69, 9.17) is 32.9 Å². The number of hydrogen-bond acceptors (Lipinski definition) is 4. The Hall–Kier alpha value is -4.86. The summed E-state index contributed by atoms with van der Waals surface area (Å²) in [5.41, 5.74) is 3.92. The summed E-state index contributed by atoms with van der Waals surface area (Å²) in [6.45, 7) is 1.55. The van der Waals surface area contributed by atoms with Crippen LogP contribution < -0.4 is 0 Å². The van der Waals surface area contributed by atoms with Gasteiger partial charge in [-0.25, -0.2) is 4.98 Å². The minimum atomic E-state index is -4.42. The van der Waals surface area contributed by atoms with Crippen LogP contribution in [0, 0.1) is 0 Å². The number of amides is 1. The van der Waals surface area contributed by atoms with E-state index >= 15 is 0 Å². The van der Waals surface area contributed by atoms with Gasteiger partial charge in [-0.15, -0.1) is 0 Å². The molecule has 0 aliphatic carbocycles. The average molecular weight is 679 g/mol. The van der Waals surface area contributed by atoms with Crippen LogP contribution in [0.25, 0.3) is 34.5 Å². The monoisotopic (exact) mass is 677 g/mol. The van der Waals surface area contributed by atoms with Gasteiger partial charge in [0.1, 0.15) is 5.82 Å². The molecule has 5 aromatic rings. The Morgan fingerprint density at radius 3 is 2.30 bits per heavy atom. The van der Waals surface area contributed by atoms with Crippen LogP contribution in [-0.4, -0.2) is 40.1 Å². The normalized spacial score (nSPS) is 11.6. The molecular weight excluding hydrogens is 650 g/mol. The van der Waals surface area contributed by atoms with Crippen LogP contribution in [0.15, 0.2) is 97.2 Å². The molecular formula is C36H28Cl2F3N3O3. The van der Waals surface area contributed by atoms with Gasteiger partial charge in [0, 0.05) is 42.9 Å². The lowest BCUT2D eigenvalue weighted by Gasteiger charge is -2.16. The molecule has 0 radical (unpaired) electrons. The number of carbonyl (C=O) groups excluding carboxylic acids is 2. The third-order valence-electron chi connectivity index (χ3n) is 7.24. The third-order valence-corrected chi connectivity index (χ3v) is 7.78. The number of ether oxygens (including phenoxy) is 1. The average Bonchev–Trinajstić information content (AvgIpc) is 3.44. The minimum absolute atomic E-state index is 0.148. The number of imidazole rings is 1. The fourth-order valence-electron chi connectivity index (χ4n) is 4.77. The number of alkyl halides is 3. The Balaban J connectivity index is 1.40. The topological polar surface area (TPSA) is 64.4 Å². The maximum atomic E-state index is 13.2. The molecule has 47 heavy (non-hydrogen) atoms. The molecule has 5 rings (SSSR count). The molecule has 240 valence electrons. The fourth-order valence-corrected chi connectivity index (χ4v) is 5.27. The fraction of sp³-hybridized carbons (Fsp3) is 0.139.